The van der Waals surface area contributed by atoms with Gasteiger partial charge < -0.3 is 15.0 Å². The van der Waals surface area contributed by atoms with Crippen molar-refractivity contribution < 1.29 is 9.53 Å². The van der Waals surface area contributed by atoms with E-state index in [1.807, 2.05) is 49.1 Å². The number of urea groups is 1. The van der Waals surface area contributed by atoms with Crippen LogP contribution in [-0.4, -0.2) is 23.6 Å². The van der Waals surface area contributed by atoms with Gasteiger partial charge in [-0.15, -0.1) is 0 Å². The Kier molecular flexibility index (Phi) is 5.82. The van der Waals surface area contributed by atoms with Crippen molar-refractivity contribution in [1.82, 2.24) is 10.2 Å². The van der Waals surface area contributed by atoms with Crippen molar-refractivity contribution in [2.24, 2.45) is 0 Å². The van der Waals surface area contributed by atoms with E-state index in [0.29, 0.717) is 6.54 Å². The molecule has 1 saturated heterocycles. The summed E-state index contributed by atoms with van der Waals surface area (Å²) in [5, 5.41) is 3.07. The molecule has 2 aromatic carbocycles. The molecule has 0 aromatic heterocycles. The van der Waals surface area contributed by atoms with Crippen LogP contribution in [0.2, 0.25) is 0 Å². The summed E-state index contributed by atoms with van der Waals surface area (Å²) in [6.07, 6.45) is 2.21. The second-order valence-corrected chi connectivity index (χ2v) is 7.18. The summed E-state index contributed by atoms with van der Waals surface area (Å²) < 4.78 is 5.73. The molecule has 4 nitrogen and oxygen atoms in total. The minimum Gasteiger partial charge on any atom is -0.491 e. The minimum atomic E-state index is 0.00549. The molecule has 1 heterocycles. The molecule has 0 radical (unpaired) electrons. The van der Waals surface area contributed by atoms with Gasteiger partial charge in [0.25, 0.3) is 0 Å². The Morgan fingerprint density at radius 3 is 2.81 bits per heavy atom. The number of aryl methyl sites for hydroxylation is 1. The van der Waals surface area contributed by atoms with Crippen molar-refractivity contribution in [3.8, 4) is 5.75 Å². The average Bonchev–Trinajstić information content (AvgIpc) is 3.09. The highest BCUT2D eigenvalue weighted by Crippen LogP contribution is 2.33. The summed E-state index contributed by atoms with van der Waals surface area (Å²) >= 11 is 0. The van der Waals surface area contributed by atoms with Gasteiger partial charge in [-0.05, 0) is 62.4 Å². The molecule has 0 spiro atoms. The van der Waals surface area contributed by atoms with E-state index in [9.17, 15) is 4.79 Å². The fourth-order valence-electron chi connectivity index (χ4n) is 3.57. The number of amides is 2. The predicted octanol–water partition coefficient (Wildman–Crippen LogP) is 4.83. The Hall–Kier alpha value is -2.49. The highest BCUT2D eigenvalue weighted by molar-refractivity contribution is 5.75. The molecule has 0 saturated carbocycles. The molecule has 0 aliphatic carbocycles. The van der Waals surface area contributed by atoms with Crippen LogP contribution in [0.1, 0.15) is 49.4 Å². The van der Waals surface area contributed by atoms with E-state index in [0.717, 1.165) is 30.7 Å². The highest BCUT2D eigenvalue weighted by atomic mass is 16.5. The van der Waals surface area contributed by atoms with E-state index in [4.69, 9.17) is 4.74 Å². The third kappa shape index (κ3) is 4.37. The monoisotopic (exact) mass is 352 g/mol. The third-order valence-corrected chi connectivity index (χ3v) is 4.78. The van der Waals surface area contributed by atoms with Gasteiger partial charge in [0.05, 0.1) is 12.1 Å². The van der Waals surface area contributed by atoms with Gasteiger partial charge >= 0.3 is 6.03 Å². The van der Waals surface area contributed by atoms with Gasteiger partial charge in [-0.2, -0.15) is 0 Å². The molecule has 0 bridgehead atoms. The topological polar surface area (TPSA) is 41.6 Å². The zero-order valence-electron chi connectivity index (χ0n) is 15.9. The number of ether oxygens (including phenoxy) is 1. The molecule has 138 valence electrons. The average molecular weight is 352 g/mol. The van der Waals surface area contributed by atoms with Crippen molar-refractivity contribution in [3.63, 3.8) is 0 Å². The number of rotatable bonds is 5. The van der Waals surface area contributed by atoms with Gasteiger partial charge in [0.2, 0.25) is 0 Å². The van der Waals surface area contributed by atoms with E-state index in [1.54, 1.807) is 0 Å². The summed E-state index contributed by atoms with van der Waals surface area (Å²) in [4.78, 5) is 14.7. The van der Waals surface area contributed by atoms with E-state index in [2.05, 4.69) is 30.4 Å². The lowest BCUT2D eigenvalue weighted by Crippen LogP contribution is -2.39. The molecule has 2 amide bonds. The van der Waals surface area contributed by atoms with Crippen LogP contribution < -0.4 is 10.1 Å². The van der Waals surface area contributed by atoms with Gasteiger partial charge in [-0.3, -0.25) is 0 Å². The van der Waals surface area contributed by atoms with Gasteiger partial charge in [-0.1, -0.05) is 36.4 Å². The molecule has 26 heavy (non-hydrogen) atoms. The summed E-state index contributed by atoms with van der Waals surface area (Å²) in [7, 11) is 0. The Bertz CT molecular complexity index is 757. The van der Waals surface area contributed by atoms with Gasteiger partial charge in [0.1, 0.15) is 5.75 Å². The molecule has 2 aromatic rings. The highest BCUT2D eigenvalue weighted by Gasteiger charge is 2.30. The number of nitrogens with zero attached hydrogens (tertiary/aromatic N) is 1. The zero-order valence-corrected chi connectivity index (χ0v) is 15.9. The molecule has 1 unspecified atom stereocenters. The number of benzene rings is 2. The van der Waals surface area contributed by atoms with Crippen LogP contribution in [0.4, 0.5) is 4.79 Å². The van der Waals surface area contributed by atoms with Crippen molar-refractivity contribution in [3.05, 3.63) is 65.2 Å². The van der Waals surface area contributed by atoms with Crippen molar-refractivity contribution in [1.29, 1.82) is 0 Å². The summed E-state index contributed by atoms with van der Waals surface area (Å²) in [6.45, 7) is 7.44. The van der Waals surface area contributed by atoms with E-state index < -0.39 is 0 Å². The molecule has 1 fully saturated rings. The first-order valence-electron chi connectivity index (χ1n) is 9.40. The SMILES string of the molecule is Cc1ccccc1C1CCCN1C(=O)NCc1cccc(OC(C)C)c1. The van der Waals surface area contributed by atoms with Gasteiger partial charge in [0.15, 0.2) is 0 Å². The molecule has 4 heteroatoms. The first-order valence-corrected chi connectivity index (χ1v) is 9.40. The second-order valence-electron chi connectivity index (χ2n) is 7.18. The summed E-state index contributed by atoms with van der Waals surface area (Å²) in [5.41, 5.74) is 3.55. The fourth-order valence-corrected chi connectivity index (χ4v) is 3.57. The van der Waals surface area contributed by atoms with E-state index in [1.165, 1.54) is 11.1 Å². The quantitative estimate of drug-likeness (QED) is 0.837. The lowest BCUT2D eigenvalue weighted by atomic mass is 9.99. The second kappa shape index (κ2) is 8.26. The first-order chi connectivity index (χ1) is 12.5. The Balaban J connectivity index is 1.64. The smallest absolute Gasteiger partial charge is 0.318 e. The number of nitrogens with one attached hydrogen (secondary N) is 1. The summed E-state index contributed by atoms with van der Waals surface area (Å²) in [6, 6.07) is 16.4. The van der Waals surface area contributed by atoms with Crippen LogP contribution in [0.25, 0.3) is 0 Å². The predicted molar refractivity (Wildman–Crippen MR) is 104 cm³/mol. The molecular weight excluding hydrogens is 324 g/mol. The van der Waals surface area contributed by atoms with Crippen LogP contribution in [0.15, 0.2) is 48.5 Å². The van der Waals surface area contributed by atoms with E-state index >= 15 is 0 Å². The first kappa shape index (κ1) is 18.3. The molecule has 1 N–H and O–H groups in total. The number of carbonyl (C=O) groups excluding carboxylic acids is 1. The number of carbonyl (C=O) groups is 1. The lowest BCUT2D eigenvalue weighted by molar-refractivity contribution is 0.192. The van der Waals surface area contributed by atoms with Crippen molar-refractivity contribution in [2.45, 2.75) is 52.3 Å². The van der Waals surface area contributed by atoms with Crippen LogP contribution in [-0.2, 0) is 6.54 Å². The maximum Gasteiger partial charge on any atom is 0.318 e. The third-order valence-electron chi connectivity index (χ3n) is 4.78. The maximum atomic E-state index is 12.8. The van der Waals surface area contributed by atoms with Crippen LogP contribution >= 0.6 is 0 Å². The van der Waals surface area contributed by atoms with Crippen LogP contribution in [0, 0.1) is 6.92 Å². The maximum absolute atomic E-state index is 12.8. The minimum absolute atomic E-state index is 0.00549. The van der Waals surface area contributed by atoms with Gasteiger partial charge in [0, 0.05) is 13.1 Å². The Morgan fingerprint density at radius 2 is 2.04 bits per heavy atom. The molecule has 1 aliphatic rings. The normalized spacial score (nSPS) is 16.8. The molecule has 3 rings (SSSR count). The van der Waals surface area contributed by atoms with Crippen molar-refractivity contribution >= 4 is 6.03 Å². The largest absolute Gasteiger partial charge is 0.491 e. The molecule has 1 aliphatic heterocycles. The fraction of sp³-hybridized carbons (Fsp3) is 0.409. The zero-order chi connectivity index (χ0) is 18.5. The lowest BCUT2D eigenvalue weighted by Gasteiger charge is -2.26. The number of likely N-dealkylation sites (tertiary alicyclic amines) is 1. The van der Waals surface area contributed by atoms with Gasteiger partial charge in [-0.25, -0.2) is 4.79 Å². The van der Waals surface area contributed by atoms with Crippen LogP contribution in [0.5, 0.6) is 5.75 Å². The van der Waals surface area contributed by atoms with E-state index in [-0.39, 0.29) is 18.2 Å². The number of hydrogen-bond donors (Lipinski definition) is 1. The summed E-state index contributed by atoms with van der Waals surface area (Å²) in [5.74, 6) is 0.839. The Morgan fingerprint density at radius 1 is 1.23 bits per heavy atom. The van der Waals surface area contributed by atoms with Crippen molar-refractivity contribution in [2.75, 3.05) is 6.54 Å². The Labute approximate surface area is 156 Å². The van der Waals surface area contributed by atoms with Crippen LogP contribution in [0.3, 0.4) is 0 Å². The standard InChI is InChI=1S/C22H28N2O2/c1-16(2)26-19-10-6-9-18(14-19)15-23-22(25)24-13-7-12-21(24)20-11-5-4-8-17(20)3/h4-6,8-11,14,16,21H,7,12-13,15H2,1-3H3,(H,23,25). The molecular formula is C22H28N2O2. The number of hydrogen-bond acceptors (Lipinski definition) is 2. The molecule has 1 atom stereocenters.